The molecule has 5 nitrogen and oxygen atoms in total. The summed E-state index contributed by atoms with van der Waals surface area (Å²) in [6.45, 7) is 0. The maximum absolute atomic E-state index is 10.7. The Bertz CT molecular complexity index is 446. The van der Waals surface area contributed by atoms with Crippen molar-refractivity contribution in [2.75, 3.05) is 0 Å². The van der Waals surface area contributed by atoms with Crippen molar-refractivity contribution in [1.82, 2.24) is 0 Å². The first-order valence-corrected chi connectivity index (χ1v) is 5.72. The Morgan fingerprint density at radius 2 is 2.19 bits per heavy atom. The van der Waals surface area contributed by atoms with E-state index < -0.39 is 4.92 Å². The molecule has 0 heterocycles. The first kappa shape index (κ1) is 11.3. The van der Waals surface area contributed by atoms with Crippen molar-refractivity contribution in [3.63, 3.8) is 0 Å². The fourth-order valence-corrected chi connectivity index (χ4v) is 2.14. The van der Waals surface area contributed by atoms with E-state index in [1.807, 2.05) is 0 Å². The number of aromatic hydroxyl groups is 1. The van der Waals surface area contributed by atoms with Gasteiger partial charge in [0.05, 0.1) is 9.40 Å². The van der Waals surface area contributed by atoms with Gasteiger partial charge in [-0.1, -0.05) is 0 Å². The predicted molar refractivity (Wildman–Crippen MR) is 62.1 cm³/mol. The van der Waals surface area contributed by atoms with E-state index in [9.17, 15) is 15.2 Å². The van der Waals surface area contributed by atoms with Crippen LogP contribution in [-0.2, 0) is 0 Å². The summed E-state index contributed by atoms with van der Waals surface area (Å²) in [4.78, 5) is 10.2. The number of phenolic OH excluding ortho intramolecular Hbond substituents is 1. The van der Waals surface area contributed by atoms with Crippen LogP contribution in [0.25, 0.3) is 0 Å². The molecule has 2 rings (SSSR count). The van der Waals surface area contributed by atoms with E-state index in [-0.39, 0.29) is 17.5 Å². The van der Waals surface area contributed by atoms with E-state index in [2.05, 4.69) is 15.9 Å². The molecule has 3 N–H and O–H groups in total. The minimum absolute atomic E-state index is 0.00463. The lowest BCUT2D eigenvalue weighted by atomic mass is 10.0. The predicted octanol–water partition coefficient (Wildman–Crippen LogP) is 2.47. The van der Waals surface area contributed by atoms with Crippen LogP contribution in [0.5, 0.6) is 5.75 Å². The Morgan fingerprint density at radius 3 is 2.69 bits per heavy atom. The van der Waals surface area contributed by atoms with Gasteiger partial charge >= 0.3 is 0 Å². The van der Waals surface area contributed by atoms with Gasteiger partial charge in [-0.25, -0.2) is 0 Å². The number of phenols is 1. The second-order valence-electron chi connectivity index (χ2n) is 3.99. The molecular formula is C10H11BrN2O3. The summed E-state index contributed by atoms with van der Waals surface area (Å²) in [5, 5.41) is 20.5. The van der Waals surface area contributed by atoms with E-state index >= 15 is 0 Å². The maximum Gasteiger partial charge on any atom is 0.271 e. The van der Waals surface area contributed by atoms with E-state index in [1.165, 1.54) is 12.1 Å². The molecule has 0 unspecified atom stereocenters. The maximum atomic E-state index is 10.7. The average molecular weight is 287 g/mol. The first-order chi connectivity index (χ1) is 7.50. The summed E-state index contributed by atoms with van der Waals surface area (Å²) in [5.74, 6) is 0.338. The first-order valence-electron chi connectivity index (χ1n) is 4.93. The van der Waals surface area contributed by atoms with Gasteiger partial charge in [0, 0.05) is 23.7 Å². The zero-order chi connectivity index (χ0) is 11.9. The highest BCUT2D eigenvalue weighted by Gasteiger charge is 2.32. The van der Waals surface area contributed by atoms with Crippen molar-refractivity contribution < 1.29 is 10.0 Å². The van der Waals surface area contributed by atoms with Gasteiger partial charge in [0.25, 0.3) is 5.69 Å². The summed E-state index contributed by atoms with van der Waals surface area (Å²) in [6, 6.07) is 2.30. The van der Waals surface area contributed by atoms with Gasteiger partial charge in [-0.15, -0.1) is 0 Å². The molecule has 0 saturated heterocycles. The summed E-state index contributed by atoms with van der Waals surface area (Å²) in [6.07, 6.45) is 2.03. The molecule has 1 atom stereocenters. The Hall–Kier alpha value is -1.14. The SMILES string of the molecule is N[C@@H](c1cc([N+](=O)[O-])cc(Br)c1O)C1CC1. The summed E-state index contributed by atoms with van der Waals surface area (Å²) < 4.78 is 0.313. The summed E-state index contributed by atoms with van der Waals surface area (Å²) in [5.41, 5.74) is 6.32. The van der Waals surface area contributed by atoms with E-state index in [0.717, 1.165) is 12.8 Å². The van der Waals surface area contributed by atoms with Crippen molar-refractivity contribution in [1.29, 1.82) is 0 Å². The van der Waals surface area contributed by atoms with Gasteiger partial charge in [0.2, 0.25) is 0 Å². The number of halogens is 1. The molecule has 16 heavy (non-hydrogen) atoms. The third-order valence-corrected chi connectivity index (χ3v) is 3.38. The normalized spacial score (nSPS) is 17.1. The highest BCUT2D eigenvalue weighted by Crippen LogP contribution is 2.44. The second-order valence-corrected chi connectivity index (χ2v) is 4.84. The molecule has 1 aliphatic carbocycles. The standard InChI is InChI=1S/C10H11BrN2O3/c11-8-4-6(13(15)16)3-7(10(8)14)9(12)5-1-2-5/h3-5,9,14H,1-2,12H2/t9-/m1/s1. The number of benzene rings is 1. The Morgan fingerprint density at radius 1 is 1.56 bits per heavy atom. The lowest BCUT2D eigenvalue weighted by Crippen LogP contribution is -2.13. The van der Waals surface area contributed by atoms with Crippen molar-refractivity contribution in [3.8, 4) is 5.75 Å². The van der Waals surface area contributed by atoms with Gasteiger partial charge < -0.3 is 10.8 Å². The highest BCUT2D eigenvalue weighted by molar-refractivity contribution is 9.10. The number of hydrogen-bond acceptors (Lipinski definition) is 4. The molecule has 0 bridgehead atoms. The number of non-ortho nitro benzene ring substituents is 1. The number of nitrogens with two attached hydrogens (primary N) is 1. The topological polar surface area (TPSA) is 89.4 Å². The zero-order valence-corrected chi connectivity index (χ0v) is 9.98. The number of nitro benzene ring substituents is 1. The largest absolute Gasteiger partial charge is 0.506 e. The number of rotatable bonds is 3. The Labute approximate surface area is 101 Å². The Balaban J connectivity index is 2.45. The van der Waals surface area contributed by atoms with Crippen molar-refractivity contribution >= 4 is 21.6 Å². The summed E-state index contributed by atoms with van der Waals surface area (Å²) >= 11 is 3.09. The third kappa shape index (κ3) is 2.03. The minimum atomic E-state index is -0.493. The van der Waals surface area contributed by atoms with Gasteiger partial charge in [-0.2, -0.15) is 0 Å². The molecule has 1 aromatic rings. The van der Waals surface area contributed by atoms with Crippen LogP contribution in [-0.4, -0.2) is 10.0 Å². The van der Waals surface area contributed by atoms with Crippen molar-refractivity contribution in [2.24, 2.45) is 11.7 Å². The van der Waals surface area contributed by atoms with E-state index in [4.69, 9.17) is 5.73 Å². The fraction of sp³-hybridized carbons (Fsp3) is 0.400. The fourth-order valence-electron chi connectivity index (χ4n) is 1.67. The summed E-state index contributed by atoms with van der Waals surface area (Å²) in [7, 11) is 0. The molecule has 0 aromatic heterocycles. The number of hydrogen-bond donors (Lipinski definition) is 2. The Kier molecular flexibility index (Phi) is 2.86. The molecule has 86 valence electrons. The van der Waals surface area contributed by atoms with Crippen LogP contribution >= 0.6 is 15.9 Å². The molecule has 1 aromatic carbocycles. The van der Waals surface area contributed by atoms with Crippen LogP contribution in [0, 0.1) is 16.0 Å². The van der Waals surface area contributed by atoms with Crippen LogP contribution in [0.4, 0.5) is 5.69 Å². The van der Waals surface area contributed by atoms with Crippen molar-refractivity contribution in [2.45, 2.75) is 18.9 Å². The van der Waals surface area contributed by atoms with E-state index in [0.29, 0.717) is 16.0 Å². The van der Waals surface area contributed by atoms with Gasteiger partial charge in [0.1, 0.15) is 5.75 Å². The van der Waals surface area contributed by atoms with E-state index in [1.54, 1.807) is 0 Å². The van der Waals surface area contributed by atoms with Crippen LogP contribution in [0.2, 0.25) is 0 Å². The average Bonchev–Trinajstić information content (AvgIpc) is 3.04. The monoisotopic (exact) mass is 286 g/mol. The van der Waals surface area contributed by atoms with Gasteiger partial charge in [-0.3, -0.25) is 10.1 Å². The lowest BCUT2D eigenvalue weighted by molar-refractivity contribution is -0.385. The molecule has 1 fully saturated rings. The molecule has 0 spiro atoms. The minimum Gasteiger partial charge on any atom is -0.506 e. The molecule has 0 amide bonds. The van der Waals surface area contributed by atoms with Crippen LogP contribution < -0.4 is 5.73 Å². The molecule has 6 heteroatoms. The zero-order valence-electron chi connectivity index (χ0n) is 8.39. The van der Waals surface area contributed by atoms with Gasteiger partial charge in [-0.05, 0) is 34.7 Å². The highest BCUT2D eigenvalue weighted by atomic mass is 79.9. The number of nitrogens with zero attached hydrogens (tertiary/aromatic N) is 1. The molecule has 1 saturated carbocycles. The second kappa shape index (κ2) is 4.03. The molecular weight excluding hydrogens is 276 g/mol. The molecule has 1 aliphatic rings. The lowest BCUT2D eigenvalue weighted by Gasteiger charge is -2.13. The number of nitro groups is 1. The van der Waals surface area contributed by atoms with Crippen molar-refractivity contribution in [3.05, 3.63) is 32.3 Å². The quantitative estimate of drug-likeness (QED) is 0.660. The smallest absolute Gasteiger partial charge is 0.271 e. The third-order valence-electron chi connectivity index (χ3n) is 2.78. The van der Waals surface area contributed by atoms with Crippen LogP contribution in [0.15, 0.2) is 16.6 Å². The molecule has 0 radical (unpaired) electrons. The molecule has 0 aliphatic heterocycles. The van der Waals surface area contributed by atoms with Crippen LogP contribution in [0.1, 0.15) is 24.4 Å². The van der Waals surface area contributed by atoms with Gasteiger partial charge in [0.15, 0.2) is 0 Å². The van der Waals surface area contributed by atoms with Crippen LogP contribution in [0.3, 0.4) is 0 Å².